The van der Waals surface area contributed by atoms with Crippen LogP contribution in [0.15, 0.2) is 18.3 Å². The molecule has 2 aromatic heterocycles. The number of aryl methyl sites for hydroxylation is 1. The number of hydrogen-bond donors (Lipinski definition) is 1. The summed E-state index contributed by atoms with van der Waals surface area (Å²) in [4.78, 5) is 44.0. The van der Waals surface area contributed by atoms with Gasteiger partial charge in [0, 0.05) is 49.6 Å². The average Bonchev–Trinajstić information content (AvgIpc) is 3.64. The van der Waals surface area contributed by atoms with Crippen LogP contribution in [-0.4, -0.2) is 51.8 Å². The second-order valence-electron chi connectivity index (χ2n) is 9.11. The number of piperidine rings is 1. The van der Waals surface area contributed by atoms with Crippen LogP contribution in [0.3, 0.4) is 0 Å². The Kier molecular flexibility index (Phi) is 5.53. The van der Waals surface area contributed by atoms with E-state index in [-0.39, 0.29) is 17.9 Å². The maximum absolute atomic E-state index is 13.4. The Hall–Kier alpha value is -3.03. The van der Waals surface area contributed by atoms with Crippen molar-refractivity contribution >= 4 is 23.5 Å². The van der Waals surface area contributed by atoms with Crippen molar-refractivity contribution in [3.8, 4) is 0 Å². The monoisotopic (exact) mass is 434 g/mol. The van der Waals surface area contributed by atoms with E-state index in [1.807, 2.05) is 16.7 Å². The van der Waals surface area contributed by atoms with Crippen molar-refractivity contribution in [1.82, 2.24) is 19.9 Å². The van der Waals surface area contributed by atoms with E-state index < -0.39 is 0 Å². The number of pyridine rings is 1. The lowest BCUT2D eigenvalue weighted by molar-refractivity contribution is -0.119. The lowest BCUT2D eigenvalue weighted by Gasteiger charge is -2.36. The molecule has 1 atom stereocenters. The van der Waals surface area contributed by atoms with Crippen molar-refractivity contribution in [2.75, 3.05) is 30.4 Å². The third kappa shape index (κ3) is 3.94. The van der Waals surface area contributed by atoms with Gasteiger partial charge >= 0.3 is 0 Å². The molecule has 4 heterocycles. The zero-order valence-electron chi connectivity index (χ0n) is 18.8. The number of carbonyl (C=O) groups excluding carboxylic acids is 2. The molecule has 2 amide bonds. The summed E-state index contributed by atoms with van der Waals surface area (Å²) in [5.74, 6) is 2.81. The Balaban J connectivity index is 1.49. The Morgan fingerprint density at radius 3 is 2.81 bits per heavy atom. The van der Waals surface area contributed by atoms with Crippen LogP contribution in [0.25, 0.3) is 0 Å². The van der Waals surface area contributed by atoms with Gasteiger partial charge < -0.3 is 10.2 Å². The quantitative estimate of drug-likeness (QED) is 0.777. The van der Waals surface area contributed by atoms with Crippen molar-refractivity contribution in [2.45, 2.75) is 57.9 Å². The number of hydrogen-bond acceptors (Lipinski definition) is 6. The Morgan fingerprint density at radius 2 is 2.03 bits per heavy atom. The molecule has 5 rings (SSSR count). The predicted octanol–water partition coefficient (Wildman–Crippen LogP) is 3.28. The lowest BCUT2D eigenvalue weighted by atomic mass is 9.98. The van der Waals surface area contributed by atoms with Gasteiger partial charge in [0.25, 0.3) is 5.91 Å². The molecule has 0 spiro atoms. The van der Waals surface area contributed by atoms with Crippen molar-refractivity contribution in [1.29, 1.82) is 0 Å². The summed E-state index contributed by atoms with van der Waals surface area (Å²) in [7, 11) is 1.79. The fourth-order valence-electron chi connectivity index (χ4n) is 4.81. The number of likely N-dealkylation sites (tertiary alicyclic amines) is 1. The van der Waals surface area contributed by atoms with Crippen LogP contribution in [0.4, 0.5) is 11.6 Å². The van der Waals surface area contributed by atoms with E-state index in [0.29, 0.717) is 42.5 Å². The summed E-state index contributed by atoms with van der Waals surface area (Å²) in [6.07, 6.45) is 8.04. The average molecular weight is 435 g/mol. The molecule has 8 heteroatoms. The highest BCUT2D eigenvalue weighted by molar-refractivity contribution is 5.96. The van der Waals surface area contributed by atoms with Crippen molar-refractivity contribution < 1.29 is 9.59 Å². The van der Waals surface area contributed by atoms with Gasteiger partial charge in [-0.2, -0.15) is 0 Å². The van der Waals surface area contributed by atoms with Crippen LogP contribution in [0.5, 0.6) is 0 Å². The van der Waals surface area contributed by atoms with Gasteiger partial charge in [-0.25, -0.2) is 15.0 Å². The second kappa shape index (κ2) is 8.48. The number of nitrogens with one attached hydrogen (secondary N) is 1. The topological polar surface area (TPSA) is 91.3 Å². The van der Waals surface area contributed by atoms with Gasteiger partial charge in [-0.15, -0.1) is 0 Å². The highest BCUT2D eigenvalue weighted by atomic mass is 16.2. The SMILES string of the molecule is CNc1cc(C(=O)N2CCCC[C@H]2c2nc(C)c3c(n2)N(CC2CC2)C(=O)CC3)ccn1. The van der Waals surface area contributed by atoms with Crippen molar-refractivity contribution in [3.05, 3.63) is 41.0 Å². The zero-order chi connectivity index (χ0) is 22.2. The predicted molar refractivity (Wildman–Crippen MR) is 122 cm³/mol. The summed E-state index contributed by atoms with van der Waals surface area (Å²) >= 11 is 0. The standard InChI is InChI=1S/C24H30N6O2/c1-15-18-8-9-21(31)30(14-16-6-7-16)23(18)28-22(27-15)19-5-3-4-12-29(19)24(32)17-10-11-26-20(13-17)25-2/h10-11,13,16,19H,3-9,12,14H2,1-2H3,(H,25,26)/t19-/m0/s1. The normalized spacial score (nSPS) is 20.8. The molecule has 2 aliphatic heterocycles. The molecule has 0 bridgehead atoms. The van der Waals surface area contributed by atoms with E-state index in [1.54, 1.807) is 25.4 Å². The number of aromatic nitrogens is 3. The summed E-state index contributed by atoms with van der Waals surface area (Å²) in [6, 6.07) is 3.35. The zero-order valence-corrected chi connectivity index (χ0v) is 18.8. The van der Waals surface area contributed by atoms with Crippen LogP contribution in [0.2, 0.25) is 0 Å². The van der Waals surface area contributed by atoms with Crippen LogP contribution in [0.1, 0.15) is 72.0 Å². The molecule has 1 N–H and O–H groups in total. The minimum Gasteiger partial charge on any atom is -0.373 e. The molecule has 1 saturated carbocycles. The van der Waals surface area contributed by atoms with Gasteiger partial charge in [-0.05, 0) is 63.5 Å². The molecule has 0 radical (unpaired) electrons. The van der Waals surface area contributed by atoms with E-state index in [9.17, 15) is 9.59 Å². The van der Waals surface area contributed by atoms with Gasteiger partial charge in [-0.1, -0.05) is 0 Å². The first-order valence-electron chi connectivity index (χ1n) is 11.7. The smallest absolute Gasteiger partial charge is 0.254 e. The van der Waals surface area contributed by atoms with E-state index in [0.717, 1.165) is 42.9 Å². The molecule has 8 nitrogen and oxygen atoms in total. The molecular weight excluding hydrogens is 404 g/mol. The van der Waals surface area contributed by atoms with Crippen molar-refractivity contribution in [2.24, 2.45) is 5.92 Å². The number of rotatable bonds is 5. The lowest BCUT2D eigenvalue weighted by Crippen LogP contribution is -2.41. The molecule has 3 aliphatic rings. The third-order valence-electron chi connectivity index (χ3n) is 6.82. The second-order valence-corrected chi connectivity index (χ2v) is 9.11. The Bertz CT molecular complexity index is 1050. The highest BCUT2D eigenvalue weighted by Gasteiger charge is 2.36. The molecule has 0 unspecified atom stereocenters. The first kappa shape index (κ1) is 20.8. The summed E-state index contributed by atoms with van der Waals surface area (Å²) in [5, 5.41) is 3.00. The molecule has 168 valence electrons. The highest BCUT2D eigenvalue weighted by Crippen LogP contribution is 2.37. The molecule has 2 fully saturated rings. The van der Waals surface area contributed by atoms with E-state index >= 15 is 0 Å². The fourth-order valence-corrected chi connectivity index (χ4v) is 4.81. The van der Waals surface area contributed by atoms with Crippen LogP contribution in [-0.2, 0) is 11.2 Å². The van der Waals surface area contributed by atoms with Gasteiger partial charge in [0.15, 0.2) is 5.82 Å². The Morgan fingerprint density at radius 1 is 1.19 bits per heavy atom. The number of anilines is 2. The summed E-state index contributed by atoms with van der Waals surface area (Å²) in [5.41, 5.74) is 2.62. The molecule has 1 aliphatic carbocycles. The molecular formula is C24H30N6O2. The largest absolute Gasteiger partial charge is 0.373 e. The number of fused-ring (bicyclic) bond motifs is 1. The maximum atomic E-state index is 13.4. The van der Waals surface area contributed by atoms with E-state index in [1.165, 1.54) is 12.8 Å². The number of nitrogens with zero attached hydrogens (tertiary/aromatic N) is 5. The van der Waals surface area contributed by atoms with Gasteiger partial charge in [0.1, 0.15) is 11.6 Å². The summed E-state index contributed by atoms with van der Waals surface area (Å²) in [6.45, 7) is 3.43. The minimum atomic E-state index is -0.189. The van der Waals surface area contributed by atoms with Crippen LogP contribution < -0.4 is 10.2 Å². The first-order valence-corrected chi connectivity index (χ1v) is 11.7. The number of amides is 2. The minimum absolute atomic E-state index is 0.0292. The molecule has 1 saturated heterocycles. The Labute approximate surface area is 188 Å². The summed E-state index contributed by atoms with van der Waals surface area (Å²) < 4.78 is 0. The van der Waals surface area contributed by atoms with Gasteiger partial charge in [0.2, 0.25) is 5.91 Å². The molecule has 2 aromatic rings. The first-order chi connectivity index (χ1) is 15.5. The van der Waals surface area contributed by atoms with E-state index in [2.05, 4.69) is 10.3 Å². The van der Waals surface area contributed by atoms with E-state index in [4.69, 9.17) is 9.97 Å². The molecule has 0 aromatic carbocycles. The van der Waals surface area contributed by atoms with Crippen molar-refractivity contribution in [3.63, 3.8) is 0 Å². The number of carbonyl (C=O) groups is 2. The van der Waals surface area contributed by atoms with Crippen LogP contribution >= 0.6 is 0 Å². The fraction of sp³-hybridized carbons (Fsp3) is 0.542. The third-order valence-corrected chi connectivity index (χ3v) is 6.82. The molecule has 32 heavy (non-hydrogen) atoms. The van der Waals surface area contributed by atoms with Gasteiger partial charge in [-0.3, -0.25) is 14.5 Å². The maximum Gasteiger partial charge on any atom is 0.254 e. The van der Waals surface area contributed by atoms with Gasteiger partial charge in [0.05, 0.1) is 6.04 Å². The van der Waals surface area contributed by atoms with Crippen LogP contribution in [0, 0.1) is 12.8 Å².